The van der Waals surface area contributed by atoms with Crippen LogP contribution >= 0.6 is 0 Å². The molecule has 0 bridgehead atoms. The van der Waals surface area contributed by atoms with Gasteiger partial charge in [-0.15, -0.1) is 0 Å². The van der Waals surface area contributed by atoms with Crippen molar-refractivity contribution in [3.63, 3.8) is 0 Å². The number of carbonyl (C=O) groups is 3. The van der Waals surface area contributed by atoms with Crippen molar-refractivity contribution in [2.45, 2.75) is 27.7 Å². The Kier molecular flexibility index (Phi) is 4.74. The summed E-state index contributed by atoms with van der Waals surface area (Å²) in [5.41, 5.74) is 6.03. The zero-order chi connectivity index (χ0) is 21.6. The van der Waals surface area contributed by atoms with Gasteiger partial charge < -0.3 is 5.32 Å². The fourth-order valence-corrected chi connectivity index (χ4v) is 3.81. The van der Waals surface area contributed by atoms with Crippen LogP contribution in [0.25, 0.3) is 0 Å². The molecule has 4 rings (SSSR count). The second-order valence-corrected chi connectivity index (χ2v) is 7.83. The highest BCUT2D eigenvalue weighted by Gasteiger charge is 2.37. The molecule has 1 aliphatic heterocycles. The summed E-state index contributed by atoms with van der Waals surface area (Å²) in [4.78, 5) is 39.9. The lowest BCUT2D eigenvalue weighted by atomic mass is 10.0. The summed E-state index contributed by atoms with van der Waals surface area (Å²) in [6.07, 6.45) is 0. The average Bonchev–Trinajstić information content (AvgIpc) is 2.93. The maximum atomic E-state index is 13.1. The van der Waals surface area contributed by atoms with Crippen molar-refractivity contribution in [3.05, 3.63) is 93.5 Å². The Hall–Kier alpha value is -3.73. The van der Waals surface area contributed by atoms with E-state index in [-0.39, 0.29) is 17.4 Å². The lowest BCUT2D eigenvalue weighted by molar-refractivity contribution is 0.0925. The van der Waals surface area contributed by atoms with Crippen LogP contribution in [-0.4, -0.2) is 17.7 Å². The third kappa shape index (κ3) is 3.39. The van der Waals surface area contributed by atoms with E-state index in [2.05, 4.69) is 5.32 Å². The zero-order valence-electron chi connectivity index (χ0n) is 17.4. The van der Waals surface area contributed by atoms with Gasteiger partial charge >= 0.3 is 0 Å². The molecule has 0 aliphatic carbocycles. The lowest BCUT2D eigenvalue weighted by Crippen LogP contribution is -2.30. The minimum atomic E-state index is -0.412. The van der Waals surface area contributed by atoms with E-state index < -0.39 is 5.91 Å². The first kappa shape index (κ1) is 19.6. The normalized spacial score (nSPS) is 12.9. The number of benzene rings is 3. The maximum Gasteiger partial charge on any atom is 0.266 e. The predicted molar refractivity (Wildman–Crippen MR) is 117 cm³/mol. The number of carbonyl (C=O) groups excluding carboxylic acids is 3. The van der Waals surface area contributed by atoms with Gasteiger partial charge in [0.25, 0.3) is 17.7 Å². The molecule has 1 N–H and O–H groups in total. The summed E-state index contributed by atoms with van der Waals surface area (Å²) in [7, 11) is 0. The fraction of sp³-hybridized carbons (Fsp3) is 0.160. The molecule has 3 amide bonds. The highest BCUT2D eigenvalue weighted by molar-refractivity contribution is 6.35. The van der Waals surface area contributed by atoms with E-state index in [0.29, 0.717) is 22.5 Å². The fourth-order valence-electron chi connectivity index (χ4n) is 3.81. The van der Waals surface area contributed by atoms with Crippen LogP contribution in [0.2, 0.25) is 0 Å². The molecule has 0 unspecified atom stereocenters. The van der Waals surface area contributed by atoms with Gasteiger partial charge in [-0.25, -0.2) is 4.90 Å². The number of rotatable bonds is 3. The lowest BCUT2D eigenvalue weighted by Gasteiger charge is -2.17. The Morgan fingerprint density at radius 3 is 2.10 bits per heavy atom. The van der Waals surface area contributed by atoms with Crippen LogP contribution in [0.15, 0.2) is 54.6 Å². The molecule has 3 aromatic rings. The van der Waals surface area contributed by atoms with Gasteiger partial charge in [0.1, 0.15) is 0 Å². The van der Waals surface area contributed by atoms with Crippen molar-refractivity contribution in [1.29, 1.82) is 0 Å². The number of nitrogens with zero attached hydrogens (tertiary/aromatic N) is 1. The number of amides is 3. The summed E-state index contributed by atoms with van der Waals surface area (Å²) >= 11 is 0. The molecule has 30 heavy (non-hydrogen) atoms. The van der Waals surface area contributed by atoms with Gasteiger partial charge in [0, 0.05) is 11.3 Å². The number of hydrogen-bond donors (Lipinski definition) is 1. The third-order valence-electron chi connectivity index (χ3n) is 5.23. The maximum absolute atomic E-state index is 13.1. The molecule has 0 atom stereocenters. The first-order chi connectivity index (χ1) is 14.2. The molecule has 0 fully saturated rings. The molecule has 1 aliphatic rings. The first-order valence-electron chi connectivity index (χ1n) is 9.74. The van der Waals surface area contributed by atoms with Crippen molar-refractivity contribution in [1.82, 2.24) is 0 Å². The standard InChI is InChI=1S/C25H22N2O3/c1-14-5-6-17(4)22(12-14)27-24(29)20-8-7-18(13-21(20)25(27)30)23(28)26-19-10-15(2)9-16(3)11-19/h5-13H,1-4H3,(H,26,28). The predicted octanol–water partition coefficient (Wildman–Crippen LogP) is 4.97. The SMILES string of the molecule is Cc1cc(C)cc(NC(=O)c2ccc3c(c2)C(=O)N(c2cc(C)ccc2C)C3=O)c1. The van der Waals surface area contributed by atoms with E-state index in [9.17, 15) is 14.4 Å². The molecule has 0 saturated heterocycles. The highest BCUT2D eigenvalue weighted by Crippen LogP contribution is 2.32. The van der Waals surface area contributed by atoms with Gasteiger partial charge in [-0.05, 0) is 86.3 Å². The smallest absolute Gasteiger partial charge is 0.266 e. The monoisotopic (exact) mass is 398 g/mol. The third-order valence-corrected chi connectivity index (χ3v) is 5.23. The molecule has 0 saturated carbocycles. The number of fused-ring (bicyclic) bond motifs is 1. The van der Waals surface area contributed by atoms with Crippen LogP contribution in [-0.2, 0) is 0 Å². The number of nitrogens with one attached hydrogen (secondary N) is 1. The van der Waals surface area contributed by atoms with E-state index in [1.807, 2.05) is 64.1 Å². The van der Waals surface area contributed by atoms with Crippen LogP contribution in [0.3, 0.4) is 0 Å². The van der Waals surface area contributed by atoms with Gasteiger partial charge in [-0.3, -0.25) is 14.4 Å². The van der Waals surface area contributed by atoms with Gasteiger partial charge in [0.15, 0.2) is 0 Å². The number of imide groups is 1. The van der Waals surface area contributed by atoms with Crippen LogP contribution in [0.1, 0.15) is 53.3 Å². The first-order valence-corrected chi connectivity index (χ1v) is 9.74. The minimum absolute atomic E-state index is 0.244. The minimum Gasteiger partial charge on any atom is -0.322 e. The second-order valence-electron chi connectivity index (χ2n) is 7.83. The summed E-state index contributed by atoms with van der Waals surface area (Å²) in [6.45, 7) is 7.70. The van der Waals surface area contributed by atoms with Crippen molar-refractivity contribution >= 4 is 29.1 Å². The van der Waals surface area contributed by atoms with Crippen LogP contribution in [0.5, 0.6) is 0 Å². The van der Waals surface area contributed by atoms with E-state index in [4.69, 9.17) is 0 Å². The second kappa shape index (κ2) is 7.26. The molecular weight excluding hydrogens is 376 g/mol. The van der Waals surface area contributed by atoms with Crippen LogP contribution < -0.4 is 10.2 Å². The van der Waals surface area contributed by atoms with Crippen LogP contribution in [0.4, 0.5) is 11.4 Å². The largest absolute Gasteiger partial charge is 0.322 e. The van der Waals surface area contributed by atoms with E-state index in [0.717, 1.165) is 22.3 Å². The van der Waals surface area contributed by atoms with Crippen molar-refractivity contribution in [2.75, 3.05) is 10.2 Å². The Balaban J connectivity index is 1.66. The topological polar surface area (TPSA) is 66.5 Å². The van der Waals surface area contributed by atoms with E-state index in [1.165, 1.54) is 11.0 Å². The number of aryl methyl sites for hydroxylation is 4. The molecular formula is C25H22N2O3. The molecule has 0 aromatic heterocycles. The van der Waals surface area contributed by atoms with E-state index in [1.54, 1.807) is 12.1 Å². The van der Waals surface area contributed by atoms with Crippen LogP contribution in [0, 0.1) is 27.7 Å². The Morgan fingerprint density at radius 2 is 1.40 bits per heavy atom. The van der Waals surface area contributed by atoms with Crippen molar-refractivity contribution in [2.24, 2.45) is 0 Å². The summed E-state index contributed by atoms with van der Waals surface area (Å²) in [5.74, 6) is -1.11. The summed E-state index contributed by atoms with van der Waals surface area (Å²) in [6, 6.07) is 16.1. The molecule has 3 aromatic carbocycles. The number of hydrogen-bond acceptors (Lipinski definition) is 3. The zero-order valence-corrected chi connectivity index (χ0v) is 17.4. The Morgan fingerprint density at radius 1 is 0.733 bits per heavy atom. The van der Waals surface area contributed by atoms with Gasteiger partial charge in [-0.1, -0.05) is 18.2 Å². The number of anilines is 2. The van der Waals surface area contributed by atoms with E-state index >= 15 is 0 Å². The summed E-state index contributed by atoms with van der Waals surface area (Å²) in [5, 5.41) is 2.87. The molecule has 0 spiro atoms. The molecule has 150 valence electrons. The van der Waals surface area contributed by atoms with Gasteiger partial charge in [-0.2, -0.15) is 0 Å². The van der Waals surface area contributed by atoms with Crippen molar-refractivity contribution < 1.29 is 14.4 Å². The summed E-state index contributed by atoms with van der Waals surface area (Å²) < 4.78 is 0. The molecule has 5 heteroatoms. The van der Waals surface area contributed by atoms with Gasteiger partial charge in [0.2, 0.25) is 0 Å². The Bertz CT molecular complexity index is 1210. The highest BCUT2D eigenvalue weighted by atomic mass is 16.2. The van der Waals surface area contributed by atoms with Crippen molar-refractivity contribution in [3.8, 4) is 0 Å². The molecule has 5 nitrogen and oxygen atoms in total. The van der Waals surface area contributed by atoms with Gasteiger partial charge in [0.05, 0.1) is 16.8 Å². The quantitative estimate of drug-likeness (QED) is 0.633. The molecule has 0 radical (unpaired) electrons. The average molecular weight is 398 g/mol. The molecule has 1 heterocycles. The Labute approximate surface area is 175 Å².